The molecule has 0 bridgehead atoms. The maximum atomic E-state index is 9.49. The number of hydrogen-bond acceptors (Lipinski definition) is 4. The largest absolute Gasteiger partial charge is 0.489 e. The minimum Gasteiger partial charge on any atom is -0.489 e. The van der Waals surface area contributed by atoms with Gasteiger partial charge < -0.3 is 9.84 Å². The Morgan fingerprint density at radius 3 is 2.35 bits per heavy atom. The van der Waals surface area contributed by atoms with Gasteiger partial charge in [-0.3, -0.25) is 9.80 Å². The van der Waals surface area contributed by atoms with E-state index in [0.717, 1.165) is 38.5 Å². The van der Waals surface area contributed by atoms with E-state index in [1.807, 2.05) is 24.3 Å². The Hall–Kier alpha value is -1.88. The summed E-state index contributed by atoms with van der Waals surface area (Å²) in [5.41, 5.74) is 2.46. The average Bonchev–Trinajstić information content (AvgIpc) is 2.66. The molecular formula is C22H28N2O2. The zero-order chi connectivity index (χ0) is 17.8. The van der Waals surface area contributed by atoms with Crippen LogP contribution in [0.25, 0.3) is 0 Å². The second kappa shape index (κ2) is 8.21. The van der Waals surface area contributed by atoms with Gasteiger partial charge in [0.1, 0.15) is 12.4 Å². The van der Waals surface area contributed by atoms with Gasteiger partial charge in [0.15, 0.2) is 0 Å². The SMILES string of the molecule is OC1CN(C2CCN(Cc3ccccc3OCc3ccccc3)CC2)C1. The van der Waals surface area contributed by atoms with E-state index >= 15 is 0 Å². The van der Waals surface area contributed by atoms with E-state index in [2.05, 4.69) is 40.1 Å². The molecule has 26 heavy (non-hydrogen) atoms. The van der Waals surface area contributed by atoms with Crippen LogP contribution >= 0.6 is 0 Å². The van der Waals surface area contributed by atoms with Gasteiger partial charge in [-0.05, 0) is 37.6 Å². The number of aliphatic hydroxyl groups excluding tert-OH is 1. The second-order valence-electron chi connectivity index (χ2n) is 7.50. The number of β-amino-alcohol motifs (C(OH)–C–C–N with tert-alkyl or cyclic N) is 1. The van der Waals surface area contributed by atoms with Crippen LogP contribution in [0.4, 0.5) is 0 Å². The average molecular weight is 352 g/mol. The zero-order valence-electron chi connectivity index (χ0n) is 15.3. The number of likely N-dealkylation sites (tertiary alicyclic amines) is 2. The summed E-state index contributed by atoms with van der Waals surface area (Å²) >= 11 is 0. The van der Waals surface area contributed by atoms with Gasteiger partial charge in [-0.1, -0.05) is 48.5 Å². The third-order valence-electron chi connectivity index (χ3n) is 5.57. The van der Waals surface area contributed by atoms with E-state index in [9.17, 15) is 5.11 Å². The molecule has 2 heterocycles. The van der Waals surface area contributed by atoms with Crippen LogP contribution in [0.15, 0.2) is 54.6 Å². The maximum Gasteiger partial charge on any atom is 0.124 e. The molecule has 2 fully saturated rings. The lowest BCUT2D eigenvalue weighted by Gasteiger charge is -2.45. The summed E-state index contributed by atoms with van der Waals surface area (Å²) < 4.78 is 6.10. The number of rotatable bonds is 6. The summed E-state index contributed by atoms with van der Waals surface area (Å²) in [6, 6.07) is 19.4. The molecule has 2 aromatic carbocycles. The molecule has 0 saturated carbocycles. The molecular weight excluding hydrogens is 324 g/mol. The van der Waals surface area contributed by atoms with Gasteiger partial charge in [0.25, 0.3) is 0 Å². The molecule has 4 rings (SSSR count). The van der Waals surface area contributed by atoms with Crippen LogP contribution in [0.2, 0.25) is 0 Å². The van der Waals surface area contributed by atoms with Crippen LogP contribution in [-0.4, -0.2) is 53.2 Å². The molecule has 4 heteroatoms. The van der Waals surface area contributed by atoms with Crippen LogP contribution in [-0.2, 0) is 13.2 Å². The topological polar surface area (TPSA) is 35.9 Å². The fraction of sp³-hybridized carbons (Fsp3) is 0.455. The first-order valence-electron chi connectivity index (χ1n) is 9.67. The van der Waals surface area contributed by atoms with Gasteiger partial charge in [0.2, 0.25) is 0 Å². The van der Waals surface area contributed by atoms with E-state index in [-0.39, 0.29) is 6.10 Å². The van der Waals surface area contributed by atoms with Gasteiger partial charge in [-0.25, -0.2) is 0 Å². The fourth-order valence-electron chi connectivity index (χ4n) is 3.98. The van der Waals surface area contributed by atoms with Crippen molar-refractivity contribution in [3.8, 4) is 5.75 Å². The highest BCUT2D eigenvalue weighted by Gasteiger charge is 2.32. The Kier molecular flexibility index (Phi) is 5.54. The summed E-state index contributed by atoms with van der Waals surface area (Å²) in [5, 5.41) is 9.49. The summed E-state index contributed by atoms with van der Waals surface area (Å²) in [6.07, 6.45) is 2.29. The number of para-hydroxylation sites is 1. The van der Waals surface area contributed by atoms with Gasteiger partial charge >= 0.3 is 0 Å². The van der Waals surface area contributed by atoms with Crippen molar-refractivity contribution in [2.45, 2.75) is 38.1 Å². The van der Waals surface area contributed by atoms with E-state index < -0.39 is 0 Å². The standard InChI is InChI=1S/C22H28N2O2/c25-21-15-24(16-21)20-10-12-23(13-11-20)14-19-8-4-5-9-22(19)26-17-18-6-2-1-3-7-18/h1-9,20-21,25H,10-17H2. The molecule has 0 aliphatic carbocycles. The van der Waals surface area contributed by atoms with Gasteiger partial charge in [0, 0.05) is 31.2 Å². The minimum atomic E-state index is -0.0957. The number of nitrogens with zero attached hydrogens (tertiary/aromatic N) is 2. The Balaban J connectivity index is 1.31. The highest BCUT2D eigenvalue weighted by Crippen LogP contribution is 2.25. The van der Waals surface area contributed by atoms with E-state index in [4.69, 9.17) is 4.74 Å². The molecule has 0 spiro atoms. The van der Waals surface area contributed by atoms with Gasteiger partial charge in [-0.15, -0.1) is 0 Å². The van der Waals surface area contributed by atoms with E-state index in [1.54, 1.807) is 0 Å². The van der Waals surface area contributed by atoms with Crippen molar-refractivity contribution in [2.75, 3.05) is 26.2 Å². The summed E-state index contributed by atoms with van der Waals surface area (Å²) in [5.74, 6) is 0.990. The lowest BCUT2D eigenvalue weighted by atomic mass is 9.98. The highest BCUT2D eigenvalue weighted by molar-refractivity contribution is 5.33. The van der Waals surface area contributed by atoms with Crippen molar-refractivity contribution in [1.29, 1.82) is 0 Å². The van der Waals surface area contributed by atoms with Gasteiger partial charge in [-0.2, -0.15) is 0 Å². The lowest BCUT2D eigenvalue weighted by molar-refractivity contribution is -0.0402. The fourth-order valence-corrected chi connectivity index (χ4v) is 3.98. The Labute approximate surface area is 156 Å². The lowest BCUT2D eigenvalue weighted by Crippen LogP contribution is -2.57. The first kappa shape index (κ1) is 17.5. The number of aliphatic hydroxyl groups is 1. The summed E-state index contributed by atoms with van der Waals surface area (Å²) in [7, 11) is 0. The molecule has 0 aromatic heterocycles. The number of hydrogen-bond donors (Lipinski definition) is 1. The number of ether oxygens (including phenoxy) is 1. The Bertz CT molecular complexity index is 692. The first-order valence-corrected chi connectivity index (χ1v) is 9.67. The molecule has 0 unspecified atom stereocenters. The molecule has 1 N–H and O–H groups in total. The zero-order valence-corrected chi connectivity index (χ0v) is 15.3. The summed E-state index contributed by atoms with van der Waals surface area (Å²) in [4.78, 5) is 4.95. The molecule has 2 aliphatic heterocycles. The molecule has 0 amide bonds. The van der Waals surface area contributed by atoms with Crippen LogP contribution in [0.5, 0.6) is 5.75 Å². The monoisotopic (exact) mass is 352 g/mol. The Morgan fingerprint density at radius 2 is 1.62 bits per heavy atom. The second-order valence-corrected chi connectivity index (χ2v) is 7.50. The maximum absolute atomic E-state index is 9.49. The predicted molar refractivity (Wildman–Crippen MR) is 103 cm³/mol. The van der Waals surface area contributed by atoms with Crippen molar-refractivity contribution < 1.29 is 9.84 Å². The number of benzene rings is 2. The quantitative estimate of drug-likeness (QED) is 0.867. The number of piperidine rings is 1. The molecule has 138 valence electrons. The van der Waals surface area contributed by atoms with Crippen molar-refractivity contribution in [2.24, 2.45) is 0 Å². The van der Waals surface area contributed by atoms with E-state index in [0.29, 0.717) is 12.6 Å². The van der Waals surface area contributed by atoms with Crippen LogP contribution in [0.3, 0.4) is 0 Å². The normalized spacial score (nSPS) is 20.0. The smallest absolute Gasteiger partial charge is 0.124 e. The van der Waals surface area contributed by atoms with E-state index in [1.165, 1.54) is 24.0 Å². The molecule has 0 radical (unpaired) electrons. The minimum absolute atomic E-state index is 0.0957. The highest BCUT2D eigenvalue weighted by atomic mass is 16.5. The van der Waals surface area contributed by atoms with Gasteiger partial charge in [0.05, 0.1) is 6.10 Å². The first-order chi connectivity index (χ1) is 12.8. The van der Waals surface area contributed by atoms with Crippen LogP contribution in [0.1, 0.15) is 24.0 Å². The molecule has 0 atom stereocenters. The third-order valence-corrected chi connectivity index (χ3v) is 5.57. The molecule has 2 aliphatic rings. The predicted octanol–water partition coefficient (Wildman–Crippen LogP) is 2.91. The van der Waals surface area contributed by atoms with Crippen LogP contribution < -0.4 is 4.74 Å². The Morgan fingerprint density at radius 1 is 0.923 bits per heavy atom. The molecule has 2 aromatic rings. The molecule has 2 saturated heterocycles. The van der Waals surface area contributed by atoms with Crippen molar-refractivity contribution in [3.05, 3.63) is 65.7 Å². The van der Waals surface area contributed by atoms with Crippen molar-refractivity contribution >= 4 is 0 Å². The summed E-state index contributed by atoms with van der Waals surface area (Å²) in [6.45, 7) is 5.51. The van der Waals surface area contributed by atoms with Crippen molar-refractivity contribution in [1.82, 2.24) is 9.80 Å². The van der Waals surface area contributed by atoms with Crippen LogP contribution in [0, 0.1) is 0 Å². The third kappa shape index (κ3) is 4.26. The molecule has 4 nitrogen and oxygen atoms in total. The van der Waals surface area contributed by atoms with Crippen molar-refractivity contribution in [3.63, 3.8) is 0 Å².